The minimum atomic E-state index is -2.97. The fraction of sp³-hybridized carbons (Fsp3) is 0.409. The number of nitrogens with zero attached hydrogens (tertiary/aromatic N) is 2. The van der Waals surface area contributed by atoms with Crippen LogP contribution in [0.15, 0.2) is 36.4 Å². The maximum atomic E-state index is 12.7. The molecule has 2 aromatic rings. The predicted molar refractivity (Wildman–Crippen MR) is 113 cm³/mol. The Morgan fingerprint density at radius 2 is 1.83 bits per heavy atom. The van der Waals surface area contributed by atoms with Crippen LogP contribution in [0, 0.1) is 6.92 Å². The minimum absolute atomic E-state index is 0.101. The van der Waals surface area contributed by atoms with E-state index in [0.29, 0.717) is 11.3 Å². The predicted octanol–water partition coefficient (Wildman–Crippen LogP) is 4.00. The molecule has 8 heteroatoms. The zero-order valence-corrected chi connectivity index (χ0v) is 17.5. The van der Waals surface area contributed by atoms with Crippen molar-refractivity contribution in [3.63, 3.8) is 0 Å². The lowest BCUT2D eigenvalue weighted by Crippen LogP contribution is -2.44. The first-order valence-electron chi connectivity index (χ1n) is 9.94. The van der Waals surface area contributed by atoms with Crippen LogP contribution in [0.25, 0.3) is 0 Å². The Balaban J connectivity index is 1.72. The number of likely N-dealkylation sites (N-methyl/N-ethyl adjacent to an activating group) is 1. The lowest BCUT2D eigenvalue weighted by atomic mass is 10.1. The Morgan fingerprint density at radius 1 is 1.10 bits per heavy atom. The Kier molecular flexibility index (Phi) is 7.10. The van der Waals surface area contributed by atoms with E-state index in [4.69, 9.17) is 4.74 Å². The standard InChI is InChI=1S/C22H27F2N3O3/c1-4-29-20-14-16(5-8-19(20)30-22(23)24)21(28)25-17-6-7-18(15(2)13-17)27-11-9-26(3)10-12-27/h5-8,13-14,22H,4,9-12H2,1-3H3,(H,25,28). The third-order valence-corrected chi connectivity index (χ3v) is 5.02. The molecule has 1 N–H and O–H groups in total. The number of anilines is 2. The molecule has 162 valence electrons. The van der Waals surface area contributed by atoms with Crippen LogP contribution in [0.2, 0.25) is 0 Å². The molecule has 1 fully saturated rings. The maximum absolute atomic E-state index is 12.7. The summed E-state index contributed by atoms with van der Waals surface area (Å²) < 4.78 is 34.9. The molecule has 0 bridgehead atoms. The van der Waals surface area contributed by atoms with Crippen molar-refractivity contribution in [2.75, 3.05) is 50.1 Å². The summed E-state index contributed by atoms with van der Waals surface area (Å²) >= 11 is 0. The number of hydrogen-bond donors (Lipinski definition) is 1. The van der Waals surface area contributed by atoms with E-state index in [9.17, 15) is 13.6 Å². The van der Waals surface area contributed by atoms with Crippen molar-refractivity contribution in [3.05, 3.63) is 47.5 Å². The molecule has 0 radical (unpaired) electrons. The largest absolute Gasteiger partial charge is 0.490 e. The van der Waals surface area contributed by atoms with E-state index >= 15 is 0 Å². The van der Waals surface area contributed by atoms with E-state index < -0.39 is 6.61 Å². The first-order chi connectivity index (χ1) is 14.4. The van der Waals surface area contributed by atoms with Crippen LogP contribution >= 0.6 is 0 Å². The van der Waals surface area contributed by atoms with E-state index in [1.54, 1.807) is 6.92 Å². The summed E-state index contributed by atoms with van der Waals surface area (Å²) in [6.07, 6.45) is 0. The normalized spacial score (nSPS) is 14.7. The van der Waals surface area contributed by atoms with E-state index in [2.05, 4.69) is 26.9 Å². The molecule has 0 unspecified atom stereocenters. The molecule has 0 saturated carbocycles. The van der Waals surface area contributed by atoms with Crippen LogP contribution in [0.3, 0.4) is 0 Å². The molecular weight excluding hydrogens is 392 g/mol. The molecule has 1 heterocycles. The molecule has 30 heavy (non-hydrogen) atoms. The van der Waals surface area contributed by atoms with E-state index in [1.807, 2.05) is 25.1 Å². The van der Waals surface area contributed by atoms with Crippen molar-refractivity contribution in [1.29, 1.82) is 0 Å². The van der Waals surface area contributed by atoms with E-state index in [1.165, 1.54) is 18.2 Å². The van der Waals surface area contributed by atoms with Gasteiger partial charge in [-0.1, -0.05) is 0 Å². The topological polar surface area (TPSA) is 54.0 Å². The number of halogens is 2. The van der Waals surface area contributed by atoms with Gasteiger partial charge in [-0.05, 0) is 62.9 Å². The molecule has 2 aromatic carbocycles. The zero-order valence-electron chi connectivity index (χ0n) is 17.5. The van der Waals surface area contributed by atoms with Crippen LogP contribution in [0.4, 0.5) is 20.2 Å². The number of aryl methyl sites for hydroxylation is 1. The smallest absolute Gasteiger partial charge is 0.387 e. The Bertz CT molecular complexity index is 884. The number of ether oxygens (including phenoxy) is 2. The number of alkyl halides is 2. The highest BCUT2D eigenvalue weighted by Gasteiger charge is 2.17. The second kappa shape index (κ2) is 9.75. The first kappa shape index (κ1) is 21.8. The molecule has 6 nitrogen and oxygen atoms in total. The van der Waals surface area contributed by atoms with E-state index in [0.717, 1.165) is 37.4 Å². The van der Waals surface area contributed by atoms with Crippen LogP contribution in [-0.2, 0) is 0 Å². The Hall–Kier alpha value is -2.87. The molecule has 1 saturated heterocycles. The van der Waals surface area contributed by atoms with Crippen molar-refractivity contribution in [2.24, 2.45) is 0 Å². The third kappa shape index (κ3) is 5.38. The second-order valence-corrected chi connectivity index (χ2v) is 7.22. The summed E-state index contributed by atoms with van der Waals surface area (Å²) in [4.78, 5) is 17.3. The number of nitrogens with one attached hydrogen (secondary N) is 1. The summed E-state index contributed by atoms with van der Waals surface area (Å²) in [7, 11) is 2.12. The van der Waals surface area contributed by atoms with Crippen LogP contribution in [-0.4, -0.2) is 57.3 Å². The number of hydrogen-bond acceptors (Lipinski definition) is 5. The SMILES string of the molecule is CCOc1cc(C(=O)Nc2ccc(N3CCN(C)CC3)c(C)c2)ccc1OC(F)F. The monoisotopic (exact) mass is 419 g/mol. The highest BCUT2D eigenvalue weighted by Crippen LogP contribution is 2.30. The average Bonchev–Trinajstić information content (AvgIpc) is 2.70. The Morgan fingerprint density at radius 3 is 2.47 bits per heavy atom. The van der Waals surface area contributed by atoms with Gasteiger partial charge in [0.15, 0.2) is 11.5 Å². The fourth-order valence-electron chi connectivity index (χ4n) is 3.45. The zero-order chi connectivity index (χ0) is 21.7. The summed E-state index contributed by atoms with van der Waals surface area (Å²) in [5, 5.41) is 2.86. The van der Waals surface area contributed by atoms with Crippen molar-refractivity contribution < 1.29 is 23.0 Å². The van der Waals surface area contributed by atoms with Crippen LogP contribution < -0.4 is 19.7 Å². The van der Waals surface area contributed by atoms with Gasteiger partial charge in [-0.25, -0.2) is 0 Å². The molecule has 1 aliphatic heterocycles. The van der Waals surface area contributed by atoms with Gasteiger partial charge < -0.3 is 24.6 Å². The van der Waals surface area contributed by atoms with E-state index in [-0.39, 0.29) is 24.0 Å². The van der Waals surface area contributed by atoms with Crippen LogP contribution in [0.5, 0.6) is 11.5 Å². The van der Waals surface area contributed by atoms with Gasteiger partial charge in [0.2, 0.25) is 0 Å². The van der Waals surface area contributed by atoms with Gasteiger partial charge >= 0.3 is 6.61 Å². The molecule has 1 aliphatic rings. The van der Waals surface area contributed by atoms with Crippen LogP contribution in [0.1, 0.15) is 22.8 Å². The van der Waals surface area contributed by atoms with Gasteiger partial charge in [-0.3, -0.25) is 4.79 Å². The average molecular weight is 419 g/mol. The molecule has 0 aromatic heterocycles. The van der Waals surface area contributed by atoms with Gasteiger partial charge in [-0.15, -0.1) is 0 Å². The molecule has 0 atom stereocenters. The molecule has 0 spiro atoms. The maximum Gasteiger partial charge on any atom is 0.387 e. The highest BCUT2D eigenvalue weighted by molar-refractivity contribution is 6.04. The number of carbonyl (C=O) groups excluding carboxylic acids is 1. The van der Waals surface area contributed by atoms with Gasteiger partial charge in [0.05, 0.1) is 6.61 Å². The van der Waals surface area contributed by atoms with Gasteiger partial charge in [0.25, 0.3) is 5.91 Å². The number of amides is 1. The molecule has 0 aliphatic carbocycles. The first-order valence-corrected chi connectivity index (χ1v) is 9.94. The molecule has 3 rings (SSSR count). The number of carbonyl (C=O) groups is 1. The van der Waals surface area contributed by atoms with Gasteiger partial charge in [-0.2, -0.15) is 8.78 Å². The van der Waals surface area contributed by atoms with Crippen molar-refractivity contribution in [1.82, 2.24) is 4.90 Å². The van der Waals surface area contributed by atoms with Crippen molar-refractivity contribution >= 4 is 17.3 Å². The number of rotatable bonds is 7. The molecular formula is C22H27F2N3O3. The fourth-order valence-corrected chi connectivity index (χ4v) is 3.45. The summed E-state index contributed by atoms with van der Waals surface area (Å²) in [5.74, 6) is -0.353. The highest BCUT2D eigenvalue weighted by atomic mass is 19.3. The summed E-state index contributed by atoms with van der Waals surface area (Å²) in [6, 6.07) is 9.97. The minimum Gasteiger partial charge on any atom is -0.490 e. The van der Waals surface area contributed by atoms with Crippen molar-refractivity contribution in [2.45, 2.75) is 20.5 Å². The summed E-state index contributed by atoms with van der Waals surface area (Å²) in [5.41, 5.74) is 3.20. The van der Waals surface area contributed by atoms with Gasteiger partial charge in [0.1, 0.15) is 0 Å². The summed E-state index contributed by atoms with van der Waals surface area (Å²) in [6.45, 7) is 5.02. The lowest BCUT2D eigenvalue weighted by molar-refractivity contribution is -0.0514. The lowest BCUT2D eigenvalue weighted by Gasteiger charge is -2.35. The second-order valence-electron chi connectivity index (χ2n) is 7.22. The number of piperazine rings is 1. The quantitative estimate of drug-likeness (QED) is 0.735. The molecule has 1 amide bonds. The van der Waals surface area contributed by atoms with Gasteiger partial charge in [0, 0.05) is 43.1 Å². The van der Waals surface area contributed by atoms with Crippen molar-refractivity contribution in [3.8, 4) is 11.5 Å². The number of benzene rings is 2. The Labute approximate surface area is 175 Å². The third-order valence-electron chi connectivity index (χ3n) is 5.02.